The fraction of sp³-hybridized carbons (Fsp3) is 0.385. The second-order valence-electron chi connectivity index (χ2n) is 4.49. The number of nitrogens with zero attached hydrogens (tertiary/aromatic N) is 2. The summed E-state index contributed by atoms with van der Waals surface area (Å²) in [6, 6.07) is 7.95. The Balaban J connectivity index is 1.83. The van der Waals surface area contributed by atoms with Gasteiger partial charge < -0.3 is 14.4 Å². The molecule has 0 radical (unpaired) electrons. The van der Waals surface area contributed by atoms with E-state index in [1.165, 1.54) is 0 Å². The molecule has 0 saturated heterocycles. The van der Waals surface area contributed by atoms with Gasteiger partial charge in [0.2, 0.25) is 0 Å². The largest absolute Gasteiger partial charge is 0.493 e. The van der Waals surface area contributed by atoms with Crippen molar-refractivity contribution in [1.82, 2.24) is 10.1 Å². The lowest BCUT2D eigenvalue weighted by Crippen LogP contribution is -2.20. The van der Waals surface area contributed by atoms with E-state index in [0.717, 1.165) is 17.7 Å². The molecule has 2 aromatic rings. The van der Waals surface area contributed by atoms with Crippen LogP contribution in [0.4, 0.5) is 0 Å². The summed E-state index contributed by atoms with van der Waals surface area (Å²) in [4.78, 5) is 4.20. The highest BCUT2D eigenvalue weighted by atomic mass is 16.5. The van der Waals surface area contributed by atoms with Gasteiger partial charge in [-0.2, -0.15) is 4.98 Å². The Labute approximate surface area is 104 Å². The summed E-state index contributed by atoms with van der Waals surface area (Å²) < 4.78 is 10.7. The van der Waals surface area contributed by atoms with Crippen molar-refractivity contribution in [2.24, 2.45) is 0 Å². The van der Waals surface area contributed by atoms with E-state index < -0.39 is 6.10 Å². The van der Waals surface area contributed by atoms with Gasteiger partial charge in [0.25, 0.3) is 5.89 Å². The quantitative estimate of drug-likeness (QED) is 0.875. The molecule has 0 amide bonds. The number of rotatable bonds is 2. The lowest BCUT2D eigenvalue weighted by Gasteiger charge is -2.22. The van der Waals surface area contributed by atoms with Crippen LogP contribution in [0, 0.1) is 0 Å². The van der Waals surface area contributed by atoms with Gasteiger partial charge in [-0.25, -0.2) is 0 Å². The number of aliphatic hydroxyl groups is 1. The van der Waals surface area contributed by atoms with Crippen molar-refractivity contribution < 1.29 is 14.4 Å². The summed E-state index contributed by atoms with van der Waals surface area (Å²) in [7, 11) is 0. The first kappa shape index (κ1) is 11.2. The first-order chi connectivity index (χ1) is 8.74. The number of aromatic nitrogens is 2. The molecule has 0 aliphatic carbocycles. The van der Waals surface area contributed by atoms with Gasteiger partial charge in [0, 0.05) is 0 Å². The molecule has 0 fully saturated rings. The van der Waals surface area contributed by atoms with E-state index in [1.807, 2.05) is 24.3 Å². The van der Waals surface area contributed by atoms with E-state index >= 15 is 0 Å². The van der Waals surface area contributed by atoms with Crippen molar-refractivity contribution in [2.75, 3.05) is 6.61 Å². The highest BCUT2D eigenvalue weighted by Crippen LogP contribution is 2.31. The molecule has 5 nitrogen and oxygen atoms in total. The third kappa shape index (κ3) is 1.97. The lowest BCUT2D eigenvalue weighted by atomic mass is 9.96. The zero-order valence-electron chi connectivity index (χ0n) is 10.0. The van der Waals surface area contributed by atoms with Crippen molar-refractivity contribution in [1.29, 1.82) is 0 Å². The van der Waals surface area contributed by atoms with Crippen molar-refractivity contribution >= 4 is 0 Å². The molecular weight excluding hydrogens is 232 g/mol. The molecule has 1 aliphatic heterocycles. The summed E-state index contributed by atoms with van der Waals surface area (Å²) >= 11 is 0. The fourth-order valence-electron chi connectivity index (χ4n) is 2.08. The van der Waals surface area contributed by atoms with E-state index in [1.54, 1.807) is 6.92 Å². The van der Waals surface area contributed by atoms with Gasteiger partial charge in [0.1, 0.15) is 11.9 Å². The molecule has 5 heteroatoms. The third-order valence-electron chi connectivity index (χ3n) is 3.06. The van der Waals surface area contributed by atoms with Crippen LogP contribution in [0.5, 0.6) is 5.75 Å². The van der Waals surface area contributed by atoms with Gasteiger partial charge in [-0.3, -0.25) is 0 Å². The molecule has 18 heavy (non-hydrogen) atoms. The SMILES string of the molecule is CC(O)c1nc(C2COc3ccccc3C2)no1. The molecule has 94 valence electrons. The highest BCUT2D eigenvalue weighted by molar-refractivity contribution is 5.36. The van der Waals surface area contributed by atoms with E-state index in [2.05, 4.69) is 10.1 Å². The van der Waals surface area contributed by atoms with Crippen LogP contribution in [0.3, 0.4) is 0 Å². The predicted octanol–water partition coefficient (Wildman–Crippen LogP) is 1.84. The molecule has 0 saturated carbocycles. The standard InChI is InChI=1S/C13H14N2O3/c1-8(16)13-14-12(15-18-13)10-6-9-4-2-3-5-11(9)17-7-10/h2-5,8,10,16H,6-7H2,1H3. The van der Waals surface area contributed by atoms with Crippen LogP contribution in [0.15, 0.2) is 28.8 Å². The molecular formula is C13H14N2O3. The fourth-order valence-corrected chi connectivity index (χ4v) is 2.08. The summed E-state index contributed by atoms with van der Waals surface area (Å²) in [5, 5.41) is 13.3. The van der Waals surface area contributed by atoms with Gasteiger partial charge >= 0.3 is 0 Å². The Morgan fingerprint density at radius 3 is 3.00 bits per heavy atom. The molecule has 1 N–H and O–H groups in total. The number of hydrogen-bond donors (Lipinski definition) is 1. The number of ether oxygens (including phenoxy) is 1. The van der Waals surface area contributed by atoms with E-state index in [0.29, 0.717) is 12.4 Å². The summed E-state index contributed by atoms with van der Waals surface area (Å²) in [6.45, 7) is 2.14. The average molecular weight is 246 g/mol. The van der Waals surface area contributed by atoms with Crippen molar-refractivity contribution in [3.63, 3.8) is 0 Å². The summed E-state index contributed by atoms with van der Waals surface area (Å²) in [6.07, 6.45) is 0.0950. The number of hydrogen-bond acceptors (Lipinski definition) is 5. The maximum absolute atomic E-state index is 9.37. The Morgan fingerprint density at radius 1 is 1.39 bits per heavy atom. The first-order valence-corrected chi connectivity index (χ1v) is 5.96. The Hall–Kier alpha value is -1.88. The Kier molecular flexibility index (Phi) is 2.76. The van der Waals surface area contributed by atoms with Gasteiger partial charge in [0.15, 0.2) is 5.82 Å². The van der Waals surface area contributed by atoms with Gasteiger partial charge in [-0.15, -0.1) is 0 Å². The van der Waals surface area contributed by atoms with Crippen LogP contribution >= 0.6 is 0 Å². The van der Waals surface area contributed by atoms with Crippen molar-refractivity contribution in [3.8, 4) is 5.75 Å². The summed E-state index contributed by atoms with van der Waals surface area (Å²) in [5.74, 6) is 1.86. The third-order valence-corrected chi connectivity index (χ3v) is 3.06. The van der Waals surface area contributed by atoms with E-state index in [9.17, 15) is 5.11 Å². The highest BCUT2D eigenvalue weighted by Gasteiger charge is 2.25. The molecule has 2 unspecified atom stereocenters. The second kappa shape index (κ2) is 4.42. The minimum Gasteiger partial charge on any atom is -0.493 e. The number of fused-ring (bicyclic) bond motifs is 1. The number of aliphatic hydroxyl groups excluding tert-OH is 1. The number of para-hydroxylation sites is 1. The minimum atomic E-state index is -0.733. The molecule has 2 atom stereocenters. The van der Waals surface area contributed by atoms with Gasteiger partial charge in [-0.05, 0) is 25.0 Å². The normalized spacial score (nSPS) is 20.0. The van der Waals surface area contributed by atoms with Crippen molar-refractivity contribution in [3.05, 3.63) is 41.5 Å². The van der Waals surface area contributed by atoms with E-state index in [4.69, 9.17) is 9.26 Å². The number of benzene rings is 1. The van der Waals surface area contributed by atoms with E-state index in [-0.39, 0.29) is 11.8 Å². The molecule has 0 spiro atoms. The maximum Gasteiger partial charge on any atom is 0.255 e. The zero-order valence-corrected chi connectivity index (χ0v) is 10.0. The smallest absolute Gasteiger partial charge is 0.255 e. The topological polar surface area (TPSA) is 68.4 Å². The van der Waals surface area contributed by atoms with Crippen molar-refractivity contribution in [2.45, 2.75) is 25.4 Å². The second-order valence-corrected chi connectivity index (χ2v) is 4.49. The molecule has 1 aromatic heterocycles. The zero-order chi connectivity index (χ0) is 12.5. The van der Waals surface area contributed by atoms with Gasteiger partial charge in [0.05, 0.1) is 12.5 Å². The Morgan fingerprint density at radius 2 is 2.22 bits per heavy atom. The minimum absolute atomic E-state index is 0.0798. The molecule has 1 aliphatic rings. The first-order valence-electron chi connectivity index (χ1n) is 5.96. The average Bonchev–Trinajstić information content (AvgIpc) is 2.88. The van der Waals surface area contributed by atoms with Crippen LogP contribution in [0.25, 0.3) is 0 Å². The van der Waals surface area contributed by atoms with Gasteiger partial charge in [-0.1, -0.05) is 23.4 Å². The molecule has 1 aromatic carbocycles. The molecule has 0 bridgehead atoms. The summed E-state index contributed by atoms with van der Waals surface area (Å²) in [5.41, 5.74) is 1.15. The monoisotopic (exact) mass is 246 g/mol. The Bertz CT molecular complexity index is 551. The van der Waals surface area contributed by atoms with Crippen LogP contribution < -0.4 is 4.74 Å². The van der Waals surface area contributed by atoms with Crippen LogP contribution in [0.1, 0.15) is 36.2 Å². The molecule has 3 rings (SSSR count). The lowest BCUT2D eigenvalue weighted by molar-refractivity contribution is 0.151. The molecule has 2 heterocycles. The predicted molar refractivity (Wildman–Crippen MR) is 63.3 cm³/mol. The van der Waals surface area contributed by atoms with Crippen LogP contribution in [-0.2, 0) is 6.42 Å². The van der Waals surface area contributed by atoms with Crippen LogP contribution in [0.2, 0.25) is 0 Å². The maximum atomic E-state index is 9.37. The van der Waals surface area contributed by atoms with Crippen LogP contribution in [-0.4, -0.2) is 21.9 Å².